The van der Waals surface area contributed by atoms with Gasteiger partial charge in [-0.15, -0.1) is 0 Å². The summed E-state index contributed by atoms with van der Waals surface area (Å²) in [5.74, 6) is 0. The first-order valence-electron chi connectivity index (χ1n) is 10.6. The molecule has 3 heteroatoms. The van der Waals surface area contributed by atoms with Gasteiger partial charge in [0.2, 0.25) is 0 Å². The van der Waals surface area contributed by atoms with Crippen molar-refractivity contribution >= 4 is 33.0 Å². The van der Waals surface area contributed by atoms with Crippen molar-refractivity contribution < 1.29 is 0 Å². The van der Waals surface area contributed by atoms with E-state index in [0.29, 0.717) is 0 Å². The van der Waals surface area contributed by atoms with E-state index in [9.17, 15) is 0 Å². The minimum atomic E-state index is 0.840. The first kappa shape index (κ1) is 19.0. The molecule has 0 unspecified atom stereocenters. The molecule has 2 nitrogen and oxygen atoms in total. The fraction of sp³-hybridized carbons (Fsp3) is 0. The quantitative estimate of drug-likeness (QED) is 0.233. The zero-order valence-electron chi connectivity index (χ0n) is 17.2. The van der Waals surface area contributed by atoms with Gasteiger partial charge in [0.05, 0.1) is 11.4 Å². The number of rotatable bonds is 2. The summed E-state index contributed by atoms with van der Waals surface area (Å²) in [4.78, 5) is 6.80. The second-order valence-electron chi connectivity index (χ2n) is 7.84. The number of anilines is 3. The lowest BCUT2D eigenvalue weighted by Gasteiger charge is -2.27. The van der Waals surface area contributed by atoms with Crippen molar-refractivity contribution in [3.63, 3.8) is 0 Å². The highest BCUT2D eigenvalue weighted by molar-refractivity contribution is 9.10. The highest BCUT2D eigenvalue weighted by Gasteiger charge is 2.25. The zero-order chi connectivity index (χ0) is 21.5. The monoisotopic (exact) mass is 474 g/mol. The molecular formula is C29H19BrN2. The van der Waals surface area contributed by atoms with Gasteiger partial charge >= 0.3 is 0 Å². The smallest absolute Gasteiger partial charge is 0.106 e. The van der Waals surface area contributed by atoms with E-state index in [4.69, 9.17) is 0 Å². The molecule has 5 aromatic rings. The highest BCUT2D eigenvalue weighted by atomic mass is 79.9. The van der Waals surface area contributed by atoms with Crippen molar-refractivity contribution in [2.24, 2.45) is 0 Å². The Balaban J connectivity index is 1.67. The molecule has 32 heavy (non-hydrogen) atoms. The number of nitrogens with zero attached hydrogens (tertiary/aromatic N) is 2. The van der Waals surface area contributed by atoms with Gasteiger partial charge in [-0.25, -0.2) is 4.98 Å². The molecule has 0 saturated heterocycles. The number of pyridine rings is 1. The standard InChI is InChI=1S/C29H19BrN2/c30-29-17-15-21(19-31-29)20-14-16-28-26(18-20)24-11-5-4-10-23(24)25-12-6-7-13-27(25)32(28)22-8-2-1-3-9-22/h1-19H. The van der Waals surface area contributed by atoms with E-state index in [2.05, 4.69) is 129 Å². The molecule has 1 aliphatic rings. The van der Waals surface area contributed by atoms with Crippen molar-refractivity contribution in [2.45, 2.75) is 0 Å². The Morgan fingerprint density at radius 2 is 1.16 bits per heavy atom. The van der Waals surface area contributed by atoms with Crippen LogP contribution in [0.15, 0.2) is 120 Å². The first-order chi connectivity index (χ1) is 15.8. The molecule has 1 aromatic heterocycles. The van der Waals surface area contributed by atoms with Crippen LogP contribution in [0.4, 0.5) is 17.1 Å². The lowest BCUT2D eigenvalue weighted by atomic mass is 9.93. The van der Waals surface area contributed by atoms with Crippen LogP contribution >= 0.6 is 15.9 Å². The maximum absolute atomic E-state index is 4.43. The molecule has 0 atom stereocenters. The summed E-state index contributed by atoms with van der Waals surface area (Å²) in [6.45, 7) is 0. The second-order valence-corrected chi connectivity index (χ2v) is 8.65. The molecule has 2 heterocycles. The van der Waals surface area contributed by atoms with E-state index in [-0.39, 0.29) is 0 Å². The van der Waals surface area contributed by atoms with Crippen LogP contribution in [0.25, 0.3) is 33.4 Å². The van der Waals surface area contributed by atoms with Crippen molar-refractivity contribution in [1.29, 1.82) is 0 Å². The number of benzene rings is 4. The van der Waals surface area contributed by atoms with Gasteiger partial charge in [0, 0.05) is 28.6 Å². The molecule has 1 aliphatic heterocycles. The van der Waals surface area contributed by atoms with Crippen molar-refractivity contribution in [1.82, 2.24) is 4.98 Å². The Labute approximate surface area is 196 Å². The van der Waals surface area contributed by atoms with Gasteiger partial charge in [-0.2, -0.15) is 0 Å². The van der Waals surface area contributed by atoms with Crippen LogP contribution in [0.1, 0.15) is 0 Å². The average Bonchev–Trinajstić information content (AvgIpc) is 2.98. The molecule has 4 aromatic carbocycles. The summed E-state index contributed by atoms with van der Waals surface area (Å²) < 4.78 is 0.840. The lowest BCUT2D eigenvalue weighted by Crippen LogP contribution is -2.10. The number of halogens is 1. The van der Waals surface area contributed by atoms with Gasteiger partial charge in [0.15, 0.2) is 0 Å². The topological polar surface area (TPSA) is 16.1 Å². The third-order valence-electron chi connectivity index (χ3n) is 5.96. The number of fused-ring (bicyclic) bond motifs is 5. The summed E-state index contributed by atoms with van der Waals surface area (Å²) in [5.41, 5.74) is 10.7. The zero-order valence-corrected chi connectivity index (χ0v) is 18.8. The third kappa shape index (κ3) is 3.14. The minimum Gasteiger partial charge on any atom is -0.309 e. The van der Waals surface area contributed by atoms with E-state index in [1.54, 1.807) is 0 Å². The Bertz CT molecular complexity index is 1430. The second kappa shape index (κ2) is 7.77. The summed E-state index contributed by atoms with van der Waals surface area (Å²) in [7, 11) is 0. The van der Waals surface area contributed by atoms with Gasteiger partial charge < -0.3 is 4.90 Å². The van der Waals surface area contributed by atoms with Gasteiger partial charge in [0.25, 0.3) is 0 Å². The van der Waals surface area contributed by atoms with Crippen LogP contribution in [0.2, 0.25) is 0 Å². The van der Waals surface area contributed by atoms with Crippen LogP contribution in [0.3, 0.4) is 0 Å². The SMILES string of the molecule is Brc1ccc(-c2ccc3c(c2)-c2ccccc2-c2ccccc2N3c2ccccc2)cn1. The Kier molecular flexibility index (Phi) is 4.62. The van der Waals surface area contributed by atoms with Crippen LogP contribution in [0, 0.1) is 0 Å². The number of hydrogen-bond donors (Lipinski definition) is 0. The van der Waals surface area contributed by atoms with Gasteiger partial charge in [-0.3, -0.25) is 0 Å². The Morgan fingerprint density at radius 3 is 1.91 bits per heavy atom. The predicted octanol–water partition coefficient (Wildman–Crippen LogP) is 8.63. The van der Waals surface area contributed by atoms with Crippen molar-refractivity contribution in [2.75, 3.05) is 4.90 Å². The van der Waals surface area contributed by atoms with E-state index in [1.807, 2.05) is 12.3 Å². The predicted molar refractivity (Wildman–Crippen MR) is 136 cm³/mol. The minimum absolute atomic E-state index is 0.840. The molecule has 0 fully saturated rings. The Hall–Kier alpha value is -3.69. The molecule has 0 aliphatic carbocycles. The van der Waals surface area contributed by atoms with E-state index < -0.39 is 0 Å². The number of aromatic nitrogens is 1. The average molecular weight is 475 g/mol. The molecule has 0 bridgehead atoms. The number of hydrogen-bond acceptors (Lipinski definition) is 2. The van der Waals surface area contributed by atoms with Gasteiger partial charge in [-0.05, 0) is 69.0 Å². The van der Waals surface area contributed by atoms with Crippen LogP contribution in [-0.4, -0.2) is 4.98 Å². The fourth-order valence-electron chi connectivity index (χ4n) is 4.51. The molecule has 0 radical (unpaired) electrons. The van der Waals surface area contributed by atoms with Crippen molar-refractivity contribution in [3.8, 4) is 33.4 Å². The summed E-state index contributed by atoms with van der Waals surface area (Å²) in [6.07, 6.45) is 1.91. The van der Waals surface area contributed by atoms with Crippen LogP contribution < -0.4 is 4.90 Å². The summed E-state index contributed by atoms with van der Waals surface area (Å²) >= 11 is 3.44. The van der Waals surface area contributed by atoms with E-state index in [0.717, 1.165) is 21.4 Å². The molecule has 6 rings (SSSR count). The fourth-order valence-corrected chi connectivity index (χ4v) is 4.74. The van der Waals surface area contributed by atoms with Crippen LogP contribution in [0.5, 0.6) is 0 Å². The van der Waals surface area contributed by atoms with Crippen molar-refractivity contribution in [3.05, 3.63) is 120 Å². The normalized spacial score (nSPS) is 11.8. The van der Waals surface area contributed by atoms with E-state index >= 15 is 0 Å². The molecular weight excluding hydrogens is 456 g/mol. The van der Waals surface area contributed by atoms with Gasteiger partial charge in [-0.1, -0.05) is 72.8 Å². The third-order valence-corrected chi connectivity index (χ3v) is 6.43. The Morgan fingerprint density at radius 1 is 0.531 bits per heavy atom. The molecule has 0 saturated carbocycles. The molecule has 0 spiro atoms. The van der Waals surface area contributed by atoms with E-state index in [1.165, 1.54) is 33.6 Å². The molecule has 152 valence electrons. The highest BCUT2D eigenvalue weighted by Crippen LogP contribution is 2.51. The summed E-state index contributed by atoms with van der Waals surface area (Å²) in [6, 6.07) is 38.8. The lowest BCUT2D eigenvalue weighted by molar-refractivity contribution is 1.27. The maximum Gasteiger partial charge on any atom is 0.106 e. The summed E-state index contributed by atoms with van der Waals surface area (Å²) in [5, 5.41) is 0. The number of para-hydroxylation sites is 2. The van der Waals surface area contributed by atoms with Crippen LogP contribution in [-0.2, 0) is 0 Å². The molecule has 0 N–H and O–H groups in total. The first-order valence-corrected chi connectivity index (χ1v) is 11.4. The van der Waals surface area contributed by atoms with Gasteiger partial charge in [0.1, 0.15) is 4.60 Å². The maximum atomic E-state index is 4.43. The largest absolute Gasteiger partial charge is 0.309 e. The molecule has 0 amide bonds.